The van der Waals surface area contributed by atoms with E-state index in [1.54, 1.807) is 7.11 Å². The van der Waals surface area contributed by atoms with Gasteiger partial charge in [-0.05, 0) is 59.0 Å². The number of nitrogens with zero attached hydrogens (tertiary/aromatic N) is 1. The normalized spacial score (nSPS) is 14.4. The number of H-pyrrole nitrogens is 1. The van der Waals surface area contributed by atoms with Gasteiger partial charge in [-0.15, -0.1) is 0 Å². The van der Waals surface area contributed by atoms with Gasteiger partial charge in [-0.2, -0.15) is 0 Å². The number of benzene rings is 1. The molecule has 2 aromatic rings. The minimum atomic E-state index is 0.630. The molecule has 5 heteroatoms. The van der Waals surface area contributed by atoms with Crippen molar-refractivity contribution in [1.29, 1.82) is 0 Å². The predicted octanol–water partition coefficient (Wildman–Crippen LogP) is 4.45. The highest BCUT2D eigenvalue weighted by atomic mass is 79.9. The summed E-state index contributed by atoms with van der Waals surface area (Å²) in [6, 6.07) is 7.86. The van der Waals surface area contributed by atoms with Crippen molar-refractivity contribution >= 4 is 28.1 Å². The van der Waals surface area contributed by atoms with E-state index in [9.17, 15) is 0 Å². The van der Waals surface area contributed by atoms with Crippen molar-refractivity contribution in [2.75, 3.05) is 7.11 Å². The minimum Gasteiger partial charge on any atom is -0.496 e. The smallest absolute Gasteiger partial charge is 0.139 e. The molecule has 0 spiro atoms. The number of rotatable bonds is 3. The third-order valence-corrected chi connectivity index (χ3v) is 4.03. The van der Waals surface area contributed by atoms with Crippen molar-refractivity contribution in [3.63, 3.8) is 0 Å². The van der Waals surface area contributed by atoms with E-state index in [-0.39, 0.29) is 0 Å². The van der Waals surface area contributed by atoms with Crippen molar-refractivity contribution in [1.82, 2.24) is 9.97 Å². The summed E-state index contributed by atoms with van der Waals surface area (Å²) in [6.45, 7) is 0. The van der Waals surface area contributed by atoms with Crippen molar-refractivity contribution in [2.45, 2.75) is 18.8 Å². The van der Waals surface area contributed by atoms with E-state index in [0.717, 1.165) is 21.6 Å². The monoisotopic (exact) mass is 336 g/mol. The molecule has 0 saturated heterocycles. The average Bonchev–Trinajstić information content (AvgIpc) is 3.22. The quantitative estimate of drug-likeness (QED) is 0.841. The molecule has 0 bridgehead atoms. The highest BCUT2D eigenvalue weighted by molar-refractivity contribution is 9.10. The lowest BCUT2D eigenvalue weighted by Crippen LogP contribution is -1.95. The molecule has 1 N–H and O–H groups in total. The number of hydrogen-bond donors (Lipinski definition) is 1. The van der Waals surface area contributed by atoms with Crippen LogP contribution in [-0.2, 0) is 0 Å². The van der Waals surface area contributed by atoms with Gasteiger partial charge in [0.1, 0.15) is 16.2 Å². The molecule has 19 heavy (non-hydrogen) atoms. The lowest BCUT2D eigenvalue weighted by molar-refractivity contribution is 0.412. The molecule has 0 aliphatic heterocycles. The molecular weight excluding hydrogens is 324 g/mol. The number of aromatic amines is 1. The van der Waals surface area contributed by atoms with Gasteiger partial charge in [0.25, 0.3) is 0 Å². The molecule has 1 aromatic heterocycles. The Bertz CT molecular complexity index is 679. The molecule has 1 aliphatic carbocycles. The predicted molar refractivity (Wildman–Crippen MR) is 81.1 cm³/mol. The average molecular weight is 337 g/mol. The fraction of sp³-hybridized carbons (Fsp3) is 0.286. The van der Waals surface area contributed by atoms with Crippen molar-refractivity contribution in [2.24, 2.45) is 0 Å². The third kappa shape index (κ3) is 2.72. The molecule has 98 valence electrons. The second kappa shape index (κ2) is 5.06. The summed E-state index contributed by atoms with van der Waals surface area (Å²) < 4.78 is 6.78. The molecule has 1 saturated carbocycles. The Balaban J connectivity index is 2.06. The molecule has 3 nitrogen and oxygen atoms in total. The zero-order valence-electron chi connectivity index (χ0n) is 10.4. The lowest BCUT2D eigenvalue weighted by atomic mass is 10.2. The number of ether oxygens (including phenoxy) is 1. The van der Waals surface area contributed by atoms with Crippen molar-refractivity contribution < 1.29 is 4.74 Å². The summed E-state index contributed by atoms with van der Waals surface area (Å²) in [6.07, 6.45) is 2.47. The summed E-state index contributed by atoms with van der Waals surface area (Å²) in [5.41, 5.74) is 2.20. The topological polar surface area (TPSA) is 37.9 Å². The molecule has 0 unspecified atom stereocenters. The van der Waals surface area contributed by atoms with E-state index in [2.05, 4.69) is 25.9 Å². The van der Waals surface area contributed by atoms with Crippen LogP contribution < -0.4 is 4.74 Å². The second-order valence-corrected chi connectivity index (χ2v) is 5.92. The minimum absolute atomic E-state index is 0.630. The fourth-order valence-corrected chi connectivity index (χ4v) is 2.80. The van der Waals surface area contributed by atoms with Gasteiger partial charge in [0.2, 0.25) is 0 Å². The van der Waals surface area contributed by atoms with Gasteiger partial charge in [0.15, 0.2) is 0 Å². The fourth-order valence-electron chi connectivity index (χ4n) is 2.04. The maximum Gasteiger partial charge on any atom is 0.139 e. The zero-order valence-corrected chi connectivity index (χ0v) is 12.8. The van der Waals surface area contributed by atoms with Gasteiger partial charge in [0, 0.05) is 11.3 Å². The van der Waals surface area contributed by atoms with Gasteiger partial charge in [-0.25, -0.2) is 4.98 Å². The van der Waals surface area contributed by atoms with Gasteiger partial charge in [-0.1, -0.05) is 12.2 Å². The van der Waals surface area contributed by atoms with Gasteiger partial charge in [0.05, 0.1) is 11.6 Å². The zero-order chi connectivity index (χ0) is 13.4. The SMILES string of the molecule is COc1ccc(-c2nc(=S)cc(C3CC3)[nH]2)cc1Br. The first-order chi connectivity index (χ1) is 9.17. The molecule has 1 heterocycles. The van der Waals surface area contributed by atoms with E-state index >= 15 is 0 Å². The third-order valence-electron chi connectivity index (χ3n) is 3.21. The van der Waals surface area contributed by atoms with Crippen LogP contribution in [0.4, 0.5) is 0 Å². The second-order valence-electron chi connectivity index (χ2n) is 4.65. The Morgan fingerprint density at radius 1 is 1.37 bits per heavy atom. The molecule has 1 aliphatic rings. The maximum atomic E-state index is 5.25. The Morgan fingerprint density at radius 2 is 2.16 bits per heavy atom. The van der Waals surface area contributed by atoms with Crippen LogP contribution in [0, 0.1) is 4.64 Å². The van der Waals surface area contributed by atoms with Gasteiger partial charge >= 0.3 is 0 Å². The van der Waals surface area contributed by atoms with Crippen LogP contribution in [0.3, 0.4) is 0 Å². The largest absolute Gasteiger partial charge is 0.496 e. The van der Waals surface area contributed by atoms with Crippen LogP contribution in [0.25, 0.3) is 11.4 Å². The number of aromatic nitrogens is 2. The number of nitrogens with one attached hydrogen (secondary N) is 1. The van der Waals surface area contributed by atoms with Gasteiger partial charge in [-0.3, -0.25) is 0 Å². The first-order valence-corrected chi connectivity index (χ1v) is 7.32. The summed E-state index contributed by atoms with van der Waals surface area (Å²) in [4.78, 5) is 7.80. The lowest BCUT2D eigenvalue weighted by Gasteiger charge is -2.08. The van der Waals surface area contributed by atoms with Crippen LogP contribution in [0.5, 0.6) is 5.75 Å². The Morgan fingerprint density at radius 3 is 2.79 bits per heavy atom. The number of hydrogen-bond acceptors (Lipinski definition) is 3. The molecule has 0 amide bonds. The Hall–Kier alpha value is -1.20. The van der Waals surface area contributed by atoms with E-state index in [1.165, 1.54) is 18.5 Å². The Labute approximate surface area is 125 Å². The first-order valence-electron chi connectivity index (χ1n) is 6.12. The van der Waals surface area contributed by atoms with Crippen LogP contribution in [0.1, 0.15) is 24.5 Å². The van der Waals surface area contributed by atoms with E-state index < -0.39 is 0 Å². The van der Waals surface area contributed by atoms with Crippen LogP contribution in [-0.4, -0.2) is 17.1 Å². The summed E-state index contributed by atoms with van der Waals surface area (Å²) in [5, 5.41) is 0. The van der Waals surface area contributed by atoms with E-state index in [0.29, 0.717) is 10.6 Å². The molecule has 1 fully saturated rings. The maximum absolute atomic E-state index is 5.25. The molecule has 3 rings (SSSR count). The van der Waals surface area contributed by atoms with E-state index in [4.69, 9.17) is 17.0 Å². The Kier molecular flexibility index (Phi) is 3.41. The van der Waals surface area contributed by atoms with Crippen molar-refractivity contribution in [3.05, 3.63) is 39.1 Å². The summed E-state index contributed by atoms with van der Waals surface area (Å²) >= 11 is 8.74. The highest BCUT2D eigenvalue weighted by Gasteiger charge is 2.24. The number of methoxy groups -OCH3 is 1. The van der Waals surface area contributed by atoms with Crippen molar-refractivity contribution in [3.8, 4) is 17.1 Å². The van der Waals surface area contributed by atoms with Gasteiger partial charge < -0.3 is 9.72 Å². The highest BCUT2D eigenvalue weighted by Crippen LogP contribution is 2.39. The molecule has 0 radical (unpaired) electrons. The first kappa shape index (κ1) is 12.8. The van der Waals surface area contributed by atoms with Crippen LogP contribution in [0.15, 0.2) is 28.7 Å². The van der Waals surface area contributed by atoms with Crippen LogP contribution in [0.2, 0.25) is 0 Å². The molecule has 0 atom stereocenters. The standard InChI is InChI=1S/C14H13BrN2OS/c1-18-12-5-4-9(6-10(12)15)14-16-11(8-2-3-8)7-13(19)17-14/h4-8H,2-3H2,1H3,(H,16,17,19). The van der Waals surface area contributed by atoms with E-state index in [1.807, 2.05) is 24.3 Å². The molecule has 1 aromatic carbocycles. The number of halogens is 1. The summed E-state index contributed by atoms with van der Waals surface area (Å²) in [7, 11) is 1.65. The summed E-state index contributed by atoms with van der Waals surface area (Å²) in [5.74, 6) is 2.25. The molecular formula is C14H13BrN2OS. The van der Waals surface area contributed by atoms with Crippen LogP contribution >= 0.6 is 28.1 Å².